The number of nitrogens with one attached hydrogen (secondary N) is 1. The minimum absolute atomic E-state index is 0.0881. The van der Waals surface area contributed by atoms with E-state index in [1.807, 2.05) is 0 Å². The quantitative estimate of drug-likeness (QED) is 0.923. The lowest BCUT2D eigenvalue weighted by atomic mass is 10.1. The highest BCUT2D eigenvalue weighted by Crippen LogP contribution is 2.09. The van der Waals surface area contributed by atoms with Crippen LogP contribution in [0.25, 0.3) is 0 Å². The number of rotatable bonds is 4. The van der Waals surface area contributed by atoms with Gasteiger partial charge in [-0.2, -0.15) is 0 Å². The van der Waals surface area contributed by atoms with E-state index in [4.69, 9.17) is 4.42 Å². The van der Waals surface area contributed by atoms with Crippen molar-refractivity contribution in [3.8, 4) is 0 Å². The van der Waals surface area contributed by atoms with Gasteiger partial charge in [0, 0.05) is 18.0 Å². The van der Waals surface area contributed by atoms with Gasteiger partial charge in [-0.25, -0.2) is 8.78 Å². The highest BCUT2D eigenvalue weighted by molar-refractivity contribution is 5.94. The highest BCUT2D eigenvalue weighted by Gasteiger charge is 2.13. The second-order valence-corrected chi connectivity index (χ2v) is 4.29. The van der Waals surface area contributed by atoms with Crippen LogP contribution in [0.1, 0.15) is 23.0 Å². The third kappa shape index (κ3) is 3.40. The predicted octanol–water partition coefficient (Wildman–Crippen LogP) is 2.92. The van der Waals surface area contributed by atoms with E-state index in [1.54, 1.807) is 25.3 Å². The molecule has 0 aliphatic rings. The van der Waals surface area contributed by atoms with Crippen LogP contribution in [0.2, 0.25) is 0 Å². The predicted molar refractivity (Wildman–Crippen MR) is 65.7 cm³/mol. The fourth-order valence-electron chi connectivity index (χ4n) is 1.73. The van der Waals surface area contributed by atoms with Crippen LogP contribution in [-0.2, 0) is 6.42 Å². The van der Waals surface area contributed by atoms with Crippen molar-refractivity contribution in [2.75, 3.05) is 0 Å². The average molecular weight is 265 g/mol. The molecule has 1 N–H and O–H groups in total. The molecule has 0 unspecified atom stereocenters. The first-order chi connectivity index (χ1) is 9.06. The van der Waals surface area contributed by atoms with Gasteiger partial charge < -0.3 is 9.73 Å². The molecule has 2 rings (SSSR count). The zero-order valence-corrected chi connectivity index (χ0v) is 10.3. The summed E-state index contributed by atoms with van der Waals surface area (Å²) in [5.41, 5.74) is 0.0881. The number of carbonyl (C=O) groups excluding carboxylic acids is 1. The molecule has 0 saturated carbocycles. The minimum atomic E-state index is -1.04. The maximum Gasteiger partial charge on any atom is 0.251 e. The second kappa shape index (κ2) is 5.65. The van der Waals surface area contributed by atoms with E-state index in [0.29, 0.717) is 6.42 Å². The standard InChI is InChI=1S/C14H13F2NO2/c1-9(7-11-3-2-6-19-11)17-14(18)10-4-5-12(15)13(16)8-10/h2-6,8-9H,7H2,1H3,(H,17,18)/t9-/m0/s1. The van der Waals surface area contributed by atoms with Crippen molar-refractivity contribution in [3.63, 3.8) is 0 Å². The van der Waals surface area contributed by atoms with Crippen LogP contribution in [0.15, 0.2) is 41.0 Å². The molecule has 1 amide bonds. The number of hydrogen-bond acceptors (Lipinski definition) is 2. The Morgan fingerprint density at radius 1 is 1.32 bits per heavy atom. The Hall–Kier alpha value is -2.17. The van der Waals surface area contributed by atoms with Crippen LogP contribution in [0.4, 0.5) is 8.78 Å². The Bertz CT molecular complexity index is 567. The average Bonchev–Trinajstić information content (AvgIpc) is 2.85. The topological polar surface area (TPSA) is 42.2 Å². The van der Waals surface area contributed by atoms with Gasteiger partial charge >= 0.3 is 0 Å². The zero-order chi connectivity index (χ0) is 13.8. The maximum absolute atomic E-state index is 13.0. The molecule has 0 bridgehead atoms. The Morgan fingerprint density at radius 2 is 2.11 bits per heavy atom. The number of furan rings is 1. The number of amides is 1. The van der Waals surface area contributed by atoms with E-state index in [-0.39, 0.29) is 11.6 Å². The molecule has 1 aromatic carbocycles. The minimum Gasteiger partial charge on any atom is -0.469 e. The van der Waals surface area contributed by atoms with E-state index in [9.17, 15) is 13.6 Å². The van der Waals surface area contributed by atoms with Gasteiger partial charge in [0.05, 0.1) is 6.26 Å². The Labute approximate surface area is 109 Å². The van der Waals surface area contributed by atoms with Gasteiger partial charge in [0.25, 0.3) is 5.91 Å². The van der Waals surface area contributed by atoms with Crippen LogP contribution < -0.4 is 5.32 Å². The molecule has 0 fully saturated rings. The molecular formula is C14H13F2NO2. The summed E-state index contributed by atoms with van der Waals surface area (Å²) in [6.07, 6.45) is 2.08. The van der Waals surface area contributed by atoms with Gasteiger partial charge in [-0.05, 0) is 37.3 Å². The molecule has 5 heteroatoms. The zero-order valence-electron chi connectivity index (χ0n) is 10.3. The van der Waals surface area contributed by atoms with Gasteiger partial charge in [0.1, 0.15) is 5.76 Å². The summed E-state index contributed by atoms with van der Waals surface area (Å²) in [6.45, 7) is 1.81. The van der Waals surface area contributed by atoms with Gasteiger partial charge in [0.2, 0.25) is 0 Å². The molecular weight excluding hydrogens is 252 g/mol. The molecule has 1 aromatic heterocycles. The first-order valence-corrected chi connectivity index (χ1v) is 5.84. The Balaban J connectivity index is 1.98. The third-order valence-electron chi connectivity index (χ3n) is 2.65. The smallest absolute Gasteiger partial charge is 0.251 e. The molecule has 0 radical (unpaired) electrons. The Morgan fingerprint density at radius 3 is 2.74 bits per heavy atom. The van der Waals surface area contributed by atoms with Gasteiger partial charge in [-0.1, -0.05) is 0 Å². The molecule has 0 spiro atoms. The molecule has 0 aliphatic carbocycles. The first kappa shape index (κ1) is 13.3. The SMILES string of the molecule is C[C@@H](Cc1ccco1)NC(=O)c1ccc(F)c(F)c1. The van der Waals surface area contributed by atoms with Crippen molar-refractivity contribution in [2.45, 2.75) is 19.4 Å². The number of halogens is 2. The molecule has 100 valence electrons. The number of carbonyl (C=O) groups is 1. The number of benzene rings is 1. The fourth-order valence-corrected chi connectivity index (χ4v) is 1.73. The molecule has 0 aliphatic heterocycles. The lowest BCUT2D eigenvalue weighted by molar-refractivity contribution is 0.0938. The van der Waals surface area contributed by atoms with Crippen LogP contribution in [0.3, 0.4) is 0 Å². The fraction of sp³-hybridized carbons (Fsp3) is 0.214. The summed E-state index contributed by atoms with van der Waals surface area (Å²) in [5, 5.41) is 2.69. The van der Waals surface area contributed by atoms with Gasteiger partial charge in [-0.3, -0.25) is 4.79 Å². The monoisotopic (exact) mass is 265 g/mol. The van der Waals surface area contributed by atoms with Crippen LogP contribution in [-0.4, -0.2) is 11.9 Å². The largest absolute Gasteiger partial charge is 0.469 e. The van der Waals surface area contributed by atoms with Crippen LogP contribution in [0.5, 0.6) is 0 Å². The molecule has 1 atom stereocenters. The van der Waals surface area contributed by atoms with E-state index < -0.39 is 17.5 Å². The normalized spacial score (nSPS) is 12.2. The summed E-state index contributed by atoms with van der Waals surface area (Å²) in [6, 6.07) is 6.45. The second-order valence-electron chi connectivity index (χ2n) is 4.29. The van der Waals surface area contributed by atoms with Crippen molar-refractivity contribution >= 4 is 5.91 Å². The van der Waals surface area contributed by atoms with E-state index in [0.717, 1.165) is 17.9 Å². The first-order valence-electron chi connectivity index (χ1n) is 5.84. The highest BCUT2D eigenvalue weighted by atomic mass is 19.2. The maximum atomic E-state index is 13.0. The van der Waals surface area contributed by atoms with Crippen molar-refractivity contribution in [3.05, 3.63) is 59.6 Å². The summed E-state index contributed by atoms with van der Waals surface area (Å²) < 4.78 is 30.9. The summed E-state index contributed by atoms with van der Waals surface area (Å²) in [7, 11) is 0. The van der Waals surface area contributed by atoms with Crippen LogP contribution in [0, 0.1) is 11.6 Å². The van der Waals surface area contributed by atoms with E-state index >= 15 is 0 Å². The lowest BCUT2D eigenvalue weighted by Crippen LogP contribution is -2.34. The van der Waals surface area contributed by atoms with E-state index in [1.165, 1.54) is 6.07 Å². The number of hydrogen-bond donors (Lipinski definition) is 1. The van der Waals surface area contributed by atoms with Crippen molar-refractivity contribution in [1.29, 1.82) is 0 Å². The summed E-state index contributed by atoms with van der Waals surface area (Å²) in [4.78, 5) is 11.8. The van der Waals surface area contributed by atoms with Gasteiger partial charge in [0.15, 0.2) is 11.6 Å². The summed E-state index contributed by atoms with van der Waals surface area (Å²) in [5.74, 6) is -1.71. The molecule has 0 saturated heterocycles. The molecule has 3 nitrogen and oxygen atoms in total. The van der Waals surface area contributed by atoms with E-state index in [2.05, 4.69) is 5.32 Å². The van der Waals surface area contributed by atoms with Crippen molar-refractivity contribution in [2.24, 2.45) is 0 Å². The lowest BCUT2D eigenvalue weighted by Gasteiger charge is -2.12. The summed E-state index contributed by atoms with van der Waals surface area (Å²) >= 11 is 0. The van der Waals surface area contributed by atoms with Gasteiger partial charge in [-0.15, -0.1) is 0 Å². The molecule has 19 heavy (non-hydrogen) atoms. The molecule has 2 aromatic rings. The molecule has 1 heterocycles. The third-order valence-corrected chi connectivity index (χ3v) is 2.65. The Kier molecular flexibility index (Phi) is 3.94. The van der Waals surface area contributed by atoms with Crippen molar-refractivity contribution in [1.82, 2.24) is 5.32 Å². The van der Waals surface area contributed by atoms with Crippen molar-refractivity contribution < 1.29 is 18.0 Å². The van der Waals surface area contributed by atoms with Crippen LogP contribution >= 0.6 is 0 Å².